The second-order valence-corrected chi connectivity index (χ2v) is 4.81. The molecule has 1 aliphatic rings. The van der Waals surface area contributed by atoms with Gasteiger partial charge in [0, 0.05) is 24.9 Å². The van der Waals surface area contributed by atoms with Gasteiger partial charge in [-0.25, -0.2) is 4.98 Å². The number of aliphatic hydroxyl groups excluding tert-OH is 1. The highest BCUT2D eigenvalue weighted by Crippen LogP contribution is 2.15. The molecular weight excluding hydrogens is 335 g/mol. The summed E-state index contributed by atoms with van der Waals surface area (Å²) in [5.74, 6) is 1.13. The standard InChI is InChI=1S/C13H22N4O.3ClH/c14-13-4-1-3-11(17-13)7-10-8-15-9-12(10)16-5-2-6-18;;;/h1,3-4,10,12,15-16,18H,2,5-9H2,(H2,14,17);3*1H/t10-,12+;;;/m0.../s1. The van der Waals surface area contributed by atoms with Crippen LogP contribution in [0.5, 0.6) is 0 Å². The van der Waals surface area contributed by atoms with Crippen LogP contribution in [0, 0.1) is 5.92 Å². The fourth-order valence-electron chi connectivity index (χ4n) is 2.43. The average molecular weight is 360 g/mol. The number of nitrogen functional groups attached to an aromatic ring is 1. The van der Waals surface area contributed by atoms with E-state index < -0.39 is 0 Å². The third-order valence-electron chi connectivity index (χ3n) is 3.38. The van der Waals surface area contributed by atoms with Crippen LogP contribution in [0.25, 0.3) is 0 Å². The number of aromatic nitrogens is 1. The van der Waals surface area contributed by atoms with E-state index in [1.807, 2.05) is 18.2 Å². The zero-order valence-electron chi connectivity index (χ0n) is 11.8. The molecule has 0 amide bonds. The van der Waals surface area contributed by atoms with Crippen LogP contribution in [0.4, 0.5) is 5.82 Å². The molecule has 0 aliphatic carbocycles. The maximum absolute atomic E-state index is 8.79. The molecule has 1 aromatic heterocycles. The molecule has 0 unspecified atom stereocenters. The Morgan fingerprint density at radius 3 is 2.71 bits per heavy atom. The summed E-state index contributed by atoms with van der Waals surface area (Å²) in [7, 11) is 0. The smallest absolute Gasteiger partial charge is 0.123 e. The highest BCUT2D eigenvalue weighted by atomic mass is 35.5. The van der Waals surface area contributed by atoms with E-state index in [1.165, 1.54) is 0 Å². The summed E-state index contributed by atoms with van der Waals surface area (Å²) in [4.78, 5) is 4.35. The first kappa shape index (κ1) is 23.0. The molecular formula is C13H25Cl3N4O. The minimum Gasteiger partial charge on any atom is -0.396 e. The van der Waals surface area contributed by atoms with E-state index in [2.05, 4.69) is 15.6 Å². The largest absolute Gasteiger partial charge is 0.396 e. The van der Waals surface area contributed by atoms with Crippen molar-refractivity contribution < 1.29 is 5.11 Å². The fraction of sp³-hybridized carbons (Fsp3) is 0.615. The monoisotopic (exact) mass is 358 g/mol. The Morgan fingerprint density at radius 2 is 2.05 bits per heavy atom. The van der Waals surface area contributed by atoms with Crippen molar-refractivity contribution in [2.24, 2.45) is 5.92 Å². The summed E-state index contributed by atoms with van der Waals surface area (Å²) < 4.78 is 0. The number of nitrogens with one attached hydrogen (secondary N) is 2. The summed E-state index contributed by atoms with van der Waals surface area (Å²) in [6.45, 7) is 3.10. The Morgan fingerprint density at radius 1 is 1.29 bits per heavy atom. The maximum atomic E-state index is 8.79. The van der Waals surface area contributed by atoms with E-state index in [0.717, 1.165) is 38.2 Å². The Hall–Kier alpha value is -0.300. The van der Waals surface area contributed by atoms with Gasteiger partial charge in [0.05, 0.1) is 0 Å². The first-order valence-corrected chi connectivity index (χ1v) is 6.56. The number of anilines is 1. The van der Waals surface area contributed by atoms with Gasteiger partial charge in [-0.05, 0) is 44.0 Å². The summed E-state index contributed by atoms with van der Waals surface area (Å²) in [6, 6.07) is 6.25. The highest BCUT2D eigenvalue weighted by molar-refractivity contribution is 5.86. The van der Waals surface area contributed by atoms with Gasteiger partial charge in [0.25, 0.3) is 0 Å². The molecule has 1 aliphatic heterocycles. The van der Waals surface area contributed by atoms with Gasteiger partial charge in [-0.15, -0.1) is 37.2 Å². The Bertz CT molecular complexity index is 384. The molecule has 5 nitrogen and oxygen atoms in total. The maximum Gasteiger partial charge on any atom is 0.123 e. The van der Waals surface area contributed by atoms with Crippen LogP contribution in [-0.4, -0.2) is 42.4 Å². The Labute approximate surface area is 144 Å². The number of aliphatic hydroxyl groups is 1. The topological polar surface area (TPSA) is 83.2 Å². The van der Waals surface area contributed by atoms with E-state index in [-0.39, 0.29) is 43.8 Å². The van der Waals surface area contributed by atoms with E-state index in [0.29, 0.717) is 17.8 Å². The lowest BCUT2D eigenvalue weighted by Crippen LogP contribution is -2.37. The lowest BCUT2D eigenvalue weighted by molar-refractivity contribution is 0.280. The van der Waals surface area contributed by atoms with Crippen LogP contribution >= 0.6 is 37.2 Å². The minimum absolute atomic E-state index is 0. The molecule has 1 fully saturated rings. The molecule has 0 radical (unpaired) electrons. The van der Waals surface area contributed by atoms with Crippen molar-refractivity contribution in [1.82, 2.24) is 15.6 Å². The average Bonchev–Trinajstić information content (AvgIpc) is 2.77. The van der Waals surface area contributed by atoms with Crippen LogP contribution in [0.2, 0.25) is 0 Å². The third-order valence-corrected chi connectivity index (χ3v) is 3.38. The van der Waals surface area contributed by atoms with Gasteiger partial charge in [0.1, 0.15) is 5.82 Å². The van der Waals surface area contributed by atoms with Gasteiger partial charge < -0.3 is 21.5 Å². The number of nitrogens with zero attached hydrogens (tertiary/aromatic N) is 1. The normalized spacial score (nSPS) is 20.0. The molecule has 21 heavy (non-hydrogen) atoms. The number of hydrogen-bond acceptors (Lipinski definition) is 5. The number of halogens is 3. The first-order valence-electron chi connectivity index (χ1n) is 6.56. The quantitative estimate of drug-likeness (QED) is 0.570. The van der Waals surface area contributed by atoms with Crippen molar-refractivity contribution in [2.45, 2.75) is 18.9 Å². The fourth-order valence-corrected chi connectivity index (χ4v) is 2.43. The zero-order valence-corrected chi connectivity index (χ0v) is 14.3. The third kappa shape index (κ3) is 7.49. The molecule has 2 heterocycles. The van der Waals surface area contributed by atoms with Gasteiger partial charge in [-0.2, -0.15) is 0 Å². The molecule has 124 valence electrons. The lowest BCUT2D eigenvalue weighted by atomic mass is 9.97. The Kier molecular flexibility index (Phi) is 13.4. The predicted octanol–water partition coefficient (Wildman–Crippen LogP) is 1.03. The molecule has 0 saturated carbocycles. The molecule has 2 rings (SSSR count). The van der Waals surface area contributed by atoms with Gasteiger partial charge in [-0.1, -0.05) is 6.07 Å². The van der Waals surface area contributed by atoms with Crippen molar-refractivity contribution in [3.05, 3.63) is 23.9 Å². The molecule has 0 aromatic carbocycles. The summed E-state index contributed by atoms with van der Waals surface area (Å²) in [5, 5.41) is 15.7. The minimum atomic E-state index is 0. The second kappa shape index (κ2) is 12.3. The van der Waals surface area contributed by atoms with Crippen LogP contribution in [0.1, 0.15) is 12.1 Å². The van der Waals surface area contributed by atoms with Crippen LogP contribution in [0.3, 0.4) is 0 Å². The summed E-state index contributed by atoms with van der Waals surface area (Å²) in [5.41, 5.74) is 6.75. The van der Waals surface area contributed by atoms with Gasteiger partial charge >= 0.3 is 0 Å². The Balaban J connectivity index is 0. The zero-order chi connectivity index (χ0) is 12.8. The van der Waals surface area contributed by atoms with Gasteiger partial charge in [0.2, 0.25) is 0 Å². The molecule has 1 saturated heterocycles. The van der Waals surface area contributed by atoms with Crippen LogP contribution in [-0.2, 0) is 6.42 Å². The SMILES string of the molecule is Cl.Cl.Cl.Nc1cccc(C[C@H]2CNC[C@H]2NCCCO)n1. The highest BCUT2D eigenvalue weighted by Gasteiger charge is 2.26. The molecule has 5 N–H and O–H groups in total. The van der Waals surface area contributed by atoms with Crippen molar-refractivity contribution >= 4 is 43.0 Å². The molecule has 2 atom stereocenters. The van der Waals surface area contributed by atoms with E-state index >= 15 is 0 Å². The van der Waals surface area contributed by atoms with E-state index in [1.54, 1.807) is 0 Å². The van der Waals surface area contributed by atoms with Crippen LogP contribution in [0.15, 0.2) is 18.2 Å². The summed E-state index contributed by atoms with van der Waals surface area (Å²) in [6.07, 6.45) is 1.74. The number of pyridine rings is 1. The molecule has 1 aromatic rings. The molecule has 0 bridgehead atoms. The second-order valence-electron chi connectivity index (χ2n) is 4.81. The van der Waals surface area contributed by atoms with Crippen LogP contribution < -0.4 is 16.4 Å². The lowest BCUT2D eigenvalue weighted by Gasteiger charge is -2.19. The van der Waals surface area contributed by atoms with Gasteiger partial charge in [0.15, 0.2) is 0 Å². The first-order chi connectivity index (χ1) is 8.79. The van der Waals surface area contributed by atoms with Crippen molar-refractivity contribution in [1.29, 1.82) is 0 Å². The summed E-state index contributed by atoms with van der Waals surface area (Å²) >= 11 is 0. The van der Waals surface area contributed by atoms with Crippen molar-refractivity contribution in [2.75, 3.05) is 32.0 Å². The number of rotatable bonds is 6. The molecule has 8 heteroatoms. The molecule has 0 spiro atoms. The van der Waals surface area contributed by atoms with Crippen molar-refractivity contribution in [3.8, 4) is 0 Å². The van der Waals surface area contributed by atoms with E-state index in [9.17, 15) is 0 Å². The van der Waals surface area contributed by atoms with E-state index in [4.69, 9.17) is 10.8 Å². The number of nitrogens with two attached hydrogens (primary N) is 1. The van der Waals surface area contributed by atoms with Gasteiger partial charge in [-0.3, -0.25) is 0 Å². The number of hydrogen-bond donors (Lipinski definition) is 4. The van der Waals surface area contributed by atoms with Crippen molar-refractivity contribution in [3.63, 3.8) is 0 Å². The predicted molar refractivity (Wildman–Crippen MR) is 94.0 cm³/mol.